The zero-order valence-electron chi connectivity index (χ0n) is 10.7. The summed E-state index contributed by atoms with van der Waals surface area (Å²) in [6.07, 6.45) is 0. The number of aryl methyl sites for hydroxylation is 1. The van der Waals surface area contributed by atoms with Crippen molar-refractivity contribution in [2.24, 2.45) is 0 Å². The number of aromatic nitrogens is 1. The molecule has 3 rings (SSSR count). The second kappa shape index (κ2) is 5.23. The van der Waals surface area contributed by atoms with Crippen LogP contribution in [0.5, 0.6) is 5.75 Å². The molecule has 0 spiro atoms. The summed E-state index contributed by atoms with van der Waals surface area (Å²) in [4.78, 5) is 4.63. The molecule has 0 aliphatic rings. The predicted octanol–water partition coefficient (Wildman–Crippen LogP) is 4.32. The van der Waals surface area contributed by atoms with E-state index < -0.39 is 0 Å². The fourth-order valence-electron chi connectivity index (χ4n) is 2.19. The molecule has 2 aromatic carbocycles. The van der Waals surface area contributed by atoms with Crippen LogP contribution in [-0.4, -0.2) is 16.6 Å². The Hall–Kier alpha value is -1.52. The summed E-state index contributed by atoms with van der Waals surface area (Å²) >= 11 is 1.60. The number of hydrogen-bond acceptors (Lipinski definition) is 4. The van der Waals surface area contributed by atoms with Crippen molar-refractivity contribution in [2.75, 3.05) is 11.9 Å². The van der Waals surface area contributed by atoms with Gasteiger partial charge in [0.1, 0.15) is 5.75 Å². The fraction of sp³-hybridized carbons (Fsp3) is 0.214. The van der Waals surface area contributed by atoms with Gasteiger partial charge >= 0.3 is 0 Å². The number of aromatic hydroxyl groups is 1. The first-order valence-corrected chi connectivity index (χ1v) is 6.78. The van der Waals surface area contributed by atoms with Gasteiger partial charge in [0, 0.05) is 22.9 Å². The van der Waals surface area contributed by atoms with Gasteiger partial charge < -0.3 is 10.4 Å². The van der Waals surface area contributed by atoms with Gasteiger partial charge in [-0.1, -0.05) is 35.6 Å². The summed E-state index contributed by atoms with van der Waals surface area (Å²) in [6, 6.07) is 7.85. The maximum Gasteiger partial charge on any atom is 0.183 e. The lowest BCUT2D eigenvalue weighted by Crippen LogP contribution is -1.94. The molecule has 0 atom stereocenters. The Labute approximate surface area is 121 Å². The van der Waals surface area contributed by atoms with E-state index in [4.69, 9.17) is 0 Å². The van der Waals surface area contributed by atoms with Crippen LogP contribution in [0.15, 0.2) is 24.3 Å². The minimum atomic E-state index is 0. The number of benzene rings is 2. The molecule has 0 aliphatic carbocycles. The predicted molar refractivity (Wildman–Crippen MR) is 84.9 cm³/mol. The van der Waals surface area contributed by atoms with Gasteiger partial charge in [-0.2, -0.15) is 0 Å². The molecule has 2 N–H and O–H groups in total. The van der Waals surface area contributed by atoms with Crippen molar-refractivity contribution >= 4 is 49.9 Å². The molecule has 0 aliphatic heterocycles. The number of phenols is 1. The number of anilines is 1. The maximum atomic E-state index is 10.3. The SMILES string of the molecule is CCNc1nc2c(s1)c(C)c(O)c1ccccc12.Cl. The monoisotopic (exact) mass is 294 g/mol. The molecule has 1 aromatic heterocycles. The molecule has 100 valence electrons. The van der Waals surface area contributed by atoms with Crippen molar-refractivity contribution in [1.82, 2.24) is 4.98 Å². The molecule has 0 unspecified atom stereocenters. The second-order valence-corrected chi connectivity index (χ2v) is 5.25. The fourth-order valence-corrected chi connectivity index (χ4v) is 3.24. The van der Waals surface area contributed by atoms with Gasteiger partial charge in [0.25, 0.3) is 0 Å². The molecule has 0 saturated heterocycles. The summed E-state index contributed by atoms with van der Waals surface area (Å²) in [7, 11) is 0. The first-order chi connectivity index (χ1) is 8.72. The summed E-state index contributed by atoms with van der Waals surface area (Å²) in [5.74, 6) is 0.366. The van der Waals surface area contributed by atoms with Crippen LogP contribution in [0.25, 0.3) is 21.0 Å². The molecular weight excluding hydrogens is 280 g/mol. The lowest BCUT2D eigenvalue weighted by molar-refractivity contribution is 0.478. The normalized spacial score (nSPS) is 10.6. The van der Waals surface area contributed by atoms with Gasteiger partial charge in [-0.05, 0) is 13.8 Å². The van der Waals surface area contributed by atoms with Gasteiger partial charge in [-0.25, -0.2) is 4.98 Å². The van der Waals surface area contributed by atoms with Gasteiger partial charge in [-0.3, -0.25) is 0 Å². The molecule has 0 bridgehead atoms. The van der Waals surface area contributed by atoms with Crippen molar-refractivity contribution < 1.29 is 5.11 Å². The molecule has 1 heterocycles. The largest absolute Gasteiger partial charge is 0.507 e. The Balaban J connectivity index is 0.00000133. The highest BCUT2D eigenvalue weighted by Crippen LogP contribution is 2.40. The molecule has 19 heavy (non-hydrogen) atoms. The molecule has 0 saturated carbocycles. The summed E-state index contributed by atoms with van der Waals surface area (Å²) < 4.78 is 1.06. The molecule has 0 fully saturated rings. The number of phenolic OH excluding ortho intramolecular Hbond substituents is 1. The first-order valence-electron chi connectivity index (χ1n) is 5.97. The maximum absolute atomic E-state index is 10.3. The summed E-state index contributed by atoms with van der Waals surface area (Å²) in [5, 5.41) is 16.3. The standard InChI is InChI=1S/C14H14N2OS.ClH/c1-3-15-14-16-11-9-6-4-5-7-10(9)12(17)8(2)13(11)18-14;/h4-7,17H,3H2,1-2H3,(H,15,16);1H. The van der Waals surface area contributed by atoms with Crippen LogP contribution in [0.3, 0.4) is 0 Å². The van der Waals surface area contributed by atoms with Crippen LogP contribution in [0.2, 0.25) is 0 Å². The number of nitrogens with one attached hydrogen (secondary N) is 1. The number of rotatable bonds is 2. The zero-order chi connectivity index (χ0) is 12.7. The van der Waals surface area contributed by atoms with Crippen LogP contribution in [0, 0.1) is 6.92 Å². The Morgan fingerprint density at radius 3 is 2.63 bits per heavy atom. The third-order valence-electron chi connectivity index (χ3n) is 3.09. The van der Waals surface area contributed by atoms with E-state index in [0.29, 0.717) is 5.75 Å². The minimum Gasteiger partial charge on any atom is -0.507 e. The van der Waals surface area contributed by atoms with Gasteiger partial charge in [0.2, 0.25) is 0 Å². The van der Waals surface area contributed by atoms with Crippen LogP contribution in [-0.2, 0) is 0 Å². The van der Waals surface area contributed by atoms with Gasteiger partial charge in [0.15, 0.2) is 5.13 Å². The molecule has 5 heteroatoms. The van der Waals surface area contributed by atoms with Crippen LogP contribution < -0.4 is 5.32 Å². The average molecular weight is 295 g/mol. The molecule has 3 aromatic rings. The second-order valence-electron chi connectivity index (χ2n) is 4.25. The molecule has 0 amide bonds. The van der Waals surface area contributed by atoms with E-state index in [1.165, 1.54) is 0 Å². The van der Waals surface area contributed by atoms with E-state index in [0.717, 1.165) is 38.2 Å². The first kappa shape index (κ1) is 13.9. The molecule has 3 nitrogen and oxygen atoms in total. The van der Waals surface area contributed by atoms with Crippen LogP contribution in [0.1, 0.15) is 12.5 Å². The van der Waals surface area contributed by atoms with Crippen molar-refractivity contribution in [2.45, 2.75) is 13.8 Å². The van der Waals surface area contributed by atoms with Crippen molar-refractivity contribution in [3.8, 4) is 5.75 Å². The minimum absolute atomic E-state index is 0. The number of halogens is 1. The summed E-state index contributed by atoms with van der Waals surface area (Å²) in [6.45, 7) is 4.84. The number of hydrogen-bond donors (Lipinski definition) is 2. The lowest BCUT2D eigenvalue weighted by atomic mass is 10.0. The molecule has 0 radical (unpaired) electrons. The smallest absolute Gasteiger partial charge is 0.183 e. The number of nitrogens with zero attached hydrogens (tertiary/aromatic N) is 1. The third kappa shape index (κ3) is 2.11. The Bertz CT molecular complexity index is 739. The van der Waals surface area contributed by atoms with Gasteiger partial charge in [0.05, 0.1) is 10.2 Å². The highest BCUT2D eigenvalue weighted by molar-refractivity contribution is 7.22. The van der Waals surface area contributed by atoms with Crippen molar-refractivity contribution in [1.29, 1.82) is 0 Å². The van der Waals surface area contributed by atoms with Crippen molar-refractivity contribution in [3.05, 3.63) is 29.8 Å². The van der Waals surface area contributed by atoms with E-state index in [9.17, 15) is 5.11 Å². The highest BCUT2D eigenvalue weighted by atomic mass is 35.5. The van der Waals surface area contributed by atoms with Crippen LogP contribution in [0.4, 0.5) is 5.13 Å². The quantitative estimate of drug-likeness (QED) is 0.740. The lowest BCUT2D eigenvalue weighted by Gasteiger charge is -2.05. The number of fused-ring (bicyclic) bond motifs is 3. The third-order valence-corrected chi connectivity index (χ3v) is 4.22. The average Bonchev–Trinajstić information content (AvgIpc) is 2.81. The molecular formula is C14H15ClN2OS. The van der Waals surface area contributed by atoms with E-state index >= 15 is 0 Å². The van der Waals surface area contributed by atoms with Crippen LogP contribution >= 0.6 is 23.7 Å². The van der Waals surface area contributed by atoms with E-state index in [1.807, 2.05) is 31.2 Å². The van der Waals surface area contributed by atoms with E-state index in [1.54, 1.807) is 11.3 Å². The van der Waals surface area contributed by atoms with Gasteiger partial charge in [-0.15, -0.1) is 12.4 Å². The van der Waals surface area contributed by atoms with E-state index in [-0.39, 0.29) is 12.4 Å². The van der Waals surface area contributed by atoms with Crippen molar-refractivity contribution in [3.63, 3.8) is 0 Å². The Morgan fingerprint density at radius 2 is 1.95 bits per heavy atom. The summed E-state index contributed by atoms with van der Waals surface area (Å²) in [5.41, 5.74) is 1.88. The Kier molecular flexibility index (Phi) is 3.83. The topological polar surface area (TPSA) is 45.2 Å². The highest BCUT2D eigenvalue weighted by Gasteiger charge is 2.14. The van der Waals surface area contributed by atoms with E-state index in [2.05, 4.69) is 17.2 Å². The number of thiazole rings is 1. The zero-order valence-corrected chi connectivity index (χ0v) is 12.4. The Morgan fingerprint density at radius 1 is 1.26 bits per heavy atom.